The van der Waals surface area contributed by atoms with Crippen molar-refractivity contribution in [1.82, 2.24) is 9.55 Å². The molecule has 0 saturated heterocycles. The first-order valence-electron chi connectivity index (χ1n) is 11.6. The Hall–Kier alpha value is -2.61. The molecule has 1 amide bonds. The topological polar surface area (TPSA) is 90.3 Å². The van der Waals surface area contributed by atoms with Crippen LogP contribution in [-0.2, 0) is 21.4 Å². The van der Waals surface area contributed by atoms with E-state index in [1.807, 2.05) is 17.8 Å². The molecule has 0 spiro atoms. The van der Waals surface area contributed by atoms with Gasteiger partial charge in [0.05, 0.1) is 17.0 Å². The molecule has 0 radical (unpaired) electrons. The van der Waals surface area contributed by atoms with Crippen LogP contribution in [0.1, 0.15) is 48.9 Å². The molecular weight excluding hydrogens is 438 g/mol. The zero-order chi connectivity index (χ0) is 23.0. The van der Waals surface area contributed by atoms with Crippen LogP contribution in [-0.4, -0.2) is 39.6 Å². The number of rotatable bonds is 8. The molecule has 1 aromatic carbocycles. The molecule has 1 N–H and O–H groups in total. The maximum absolute atomic E-state index is 13.2. The van der Waals surface area contributed by atoms with Crippen LogP contribution in [0.3, 0.4) is 0 Å². The third-order valence-electron chi connectivity index (χ3n) is 7.49. The molecule has 4 aliphatic rings. The number of ether oxygens (including phenoxy) is 1. The lowest BCUT2D eigenvalue weighted by Gasteiger charge is -2.55. The minimum Gasteiger partial charge on any atom is -0.454 e. The predicted octanol–water partition coefficient (Wildman–Crippen LogP) is 4.09. The highest BCUT2D eigenvalue weighted by Gasteiger charge is 2.54. The summed E-state index contributed by atoms with van der Waals surface area (Å²) in [6.45, 7) is -0.192. The van der Waals surface area contributed by atoms with Crippen LogP contribution in [0.25, 0.3) is 0 Å². The van der Waals surface area contributed by atoms with Crippen LogP contribution >= 0.6 is 11.8 Å². The fraction of sp³-hybridized carbons (Fsp3) is 0.520. The average Bonchev–Trinajstić information content (AvgIpc) is 3.20. The van der Waals surface area contributed by atoms with E-state index in [9.17, 15) is 14.4 Å². The third kappa shape index (κ3) is 4.58. The van der Waals surface area contributed by atoms with Crippen molar-refractivity contribution in [2.24, 2.45) is 30.2 Å². The number of Topliss-reactive ketones (excluding diaryl/α,β-unsaturated/α-hetero) is 1. The highest BCUT2D eigenvalue weighted by Crippen LogP contribution is 2.60. The number of aryl methyl sites for hydroxylation is 1. The van der Waals surface area contributed by atoms with Gasteiger partial charge in [0.1, 0.15) is 0 Å². The average molecular weight is 468 g/mol. The number of carbonyl (C=O) groups excluding carboxylic acids is 3. The molecule has 4 saturated carbocycles. The molecule has 0 atom stereocenters. The van der Waals surface area contributed by atoms with Crippen LogP contribution in [0.4, 0.5) is 5.69 Å². The summed E-state index contributed by atoms with van der Waals surface area (Å²) in [6.07, 6.45) is 10.1. The minimum absolute atomic E-state index is 0.0722. The molecule has 174 valence electrons. The Morgan fingerprint density at radius 1 is 1.12 bits per heavy atom. The Bertz CT molecular complexity index is 1040. The van der Waals surface area contributed by atoms with Crippen LogP contribution in [0, 0.1) is 23.2 Å². The summed E-state index contributed by atoms with van der Waals surface area (Å²) in [5.74, 6) is 1.40. The van der Waals surface area contributed by atoms with E-state index in [2.05, 4.69) is 10.3 Å². The van der Waals surface area contributed by atoms with Gasteiger partial charge in [-0.05, 0) is 68.4 Å². The fourth-order valence-corrected chi connectivity index (χ4v) is 7.12. The summed E-state index contributed by atoms with van der Waals surface area (Å²) < 4.78 is 7.32. The van der Waals surface area contributed by atoms with Gasteiger partial charge in [-0.1, -0.05) is 23.9 Å². The van der Waals surface area contributed by atoms with E-state index in [0.717, 1.165) is 24.4 Å². The molecule has 0 unspecified atom stereocenters. The Balaban J connectivity index is 1.19. The number of para-hydroxylation sites is 1. The molecule has 4 bridgehead atoms. The molecule has 7 nitrogen and oxygen atoms in total. The summed E-state index contributed by atoms with van der Waals surface area (Å²) in [5, 5.41) is 3.52. The monoisotopic (exact) mass is 467 g/mol. The van der Waals surface area contributed by atoms with Gasteiger partial charge in [-0.15, -0.1) is 0 Å². The van der Waals surface area contributed by atoms with Gasteiger partial charge in [0.15, 0.2) is 17.5 Å². The molecule has 0 aliphatic heterocycles. The van der Waals surface area contributed by atoms with Crippen molar-refractivity contribution in [3.63, 3.8) is 0 Å². The van der Waals surface area contributed by atoms with E-state index in [1.165, 1.54) is 31.0 Å². The van der Waals surface area contributed by atoms with E-state index < -0.39 is 5.97 Å². The number of hydrogen-bond acceptors (Lipinski definition) is 6. The van der Waals surface area contributed by atoms with Crippen LogP contribution in [0.15, 0.2) is 41.8 Å². The standard InChI is InChI=1S/C25H29N3O4S/c1-28-7-6-26-24(28)33-15-22(30)27-20-5-3-2-4-19(20)23(31)32-14-21(29)25-11-16-8-17(12-25)10-18(9-16)13-25/h2-7,16-18H,8-15H2,1H3,(H,27,30). The lowest BCUT2D eigenvalue weighted by molar-refractivity contribution is -0.147. The first-order chi connectivity index (χ1) is 15.9. The van der Waals surface area contributed by atoms with E-state index in [4.69, 9.17) is 4.74 Å². The number of esters is 1. The van der Waals surface area contributed by atoms with Gasteiger partial charge in [0, 0.05) is 24.9 Å². The molecule has 1 heterocycles. The maximum atomic E-state index is 13.2. The lowest BCUT2D eigenvalue weighted by Crippen LogP contribution is -2.51. The summed E-state index contributed by atoms with van der Waals surface area (Å²) in [4.78, 5) is 42.6. The number of amides is 1. The largest absolute Gasteiger partial charge is 0.454 e. The SMILES string of the molecule is Cn1ccnc1SCC(=O)Nc1ccccc1C(=O)OCC(=O)C12CC3CC(CC(C3)C1)C2. The van der Waals surface area contributed by atoms with E-state index in [0.29, 0.717) is 23.4 Å². The number of nitrogens with zero attached hydrogens (tertiary/aromatic N) is 2. The van der Waals surface area contributed by atoms with Gasteiger partial charge in [0.25, 0.3) is 0 Å². The summed E-state index contributed by atoms with van der Waals surface area (Å²) in [7, 11) is 1.86. The zero-order valence-corrected chi connectivity index (χ0v) is 19.6. The lowest BCUT2D eigenvalue weighted by atomic mass is 9.48. The summed E-state index contributed by atoms with van der Waals surface area (Å²) >= 11 is 1.32. The number of ketones is 1. The van der Waals surface area contributed by atoms with Crippen molar-refractivity contribution in [1.29, 1.82) is 0 Å². The highest BCUT2D eigenvalue weighted by atomic mass is 32.2. The normalized spacial score (nSPS) is 27.4. The molecule has 4 aliphatic carbocycles. The molecule has 8 heteroatoms. The highest BCUT2D eigenvalue weighted by molar-refractivity contribution is 7.99. The van der Waals surface area contributed by atoms with Gasteiger partial charge in [-0.2, -0.15) is 0 Å². The quantitative estimate of drug-likeness (QED) is 0.465. The summed E-state index contributed by atoms with van der Waals surface area (Å²) in [5.41, 5.74) is 0.353. The minimum atomic E-state index is -0.583. The number of thioether (sulfide) groups is 1. The Morgan fingerprint density at radius 2 is 1.79 bits per heavy atom. The molecule has 33 heavy (non-hydrogen) atoms. The number of nitrogens with one attached hydrogen (secondary N) is 1. The molecule has 2 aromatic rings. The Labute approximate surface area is 197 Å². The fourth-order valence-electron chi connectivity index (χ4n) is 6.39. The second-order valence-electron chi connectivity index (χ2n) is 9.90. The van der Waals surface area contributed by atoms with Crippen molar-refractivity contribution in [3.8, 4) is 0 Å². The third-order valence-corrected chi connectivity index (χ3v) is 8.55. The van der Waals surface area contributed by atoms with E-state index in [1.54, 1.807) is 30.5 Å². The van der Waals surface area contributed by atoms with E-state index >= 15 is 0 Å². The second kappa shape index (κ2) is 8.97. The molecular formula is C25H29N3O4S. The van der Waals surface area contributed by atoms with Gasteiger partial charge in [0.2, 0.25) is 5.91 Å². The number of hydrogen-bond donors (Lipinski definition) is 1. The van der Waals surface area contributed by atoms with Gasteiger partial charge < -0.3 is 14.6 Å². The Morgan fingerprint density at radius 3 is 2.42 bits per heavy atom. The van der Waals surface area contributed by atoms with Gasteiger partial charge >= 0.3 is 5.97 Å². The second-order valence-corrected chi connectivity index (χ2v) is 10.8. The smallest absolute Gasteiger partial charge is 0.340 e. The number of carbonyl (C=O) groups is 3. The number of benzene rings is 1. The van der Waals surface area contributed by atoms with Crippen LogP contribution < -0.4 is 5.32 Å². The van der Waals surface area contributed by atoms with Gasteiger partial charge in [-0.3, -0.25) is 9.59 Å². The Kier molecular flexibility index (Phi) is 6.03. The summed E-state index contributed by atoms with van der Waals surface area (Å²) in [6, 6.07) is 6.74. The van der Waals surface area contributed by atoms with Crippen LogP contribution in [0.5, 0.6) is 0 Å². The van der Waals surface area contributed by atoms with Crippen molar-refractivity contribution in [2.45, 2.75) is 43.7 Å². The number of aromatic nitrogens is 2. The predicted molar refractivity (Wildman–Crippen MR) is 125 cm³/mol. The number of anilines is 1. The number of imidazole rings is 1. The molecule has 6 rings (SSSR count). The van der Waals surface area contributed by atoms with Crippen molar-refractivity contribution in [2.75, 3.05) is 17.7 Å². The zero-order valence-electron chi connectivity index (χ0n) is 18.8. The molecule has 1 aromatic heterocycles. The molecule has 4 fully saturated rings. The van der Waals surface area contributed by atoms with Crippen LogP contribution in [0.2, 0.25) is 0 Å². The first kappa shape index (κ1) is 22.2. The first-order valence-corrected chi connectivity index (χ1v) is 12.6. The maximum Gasteiger partial charge on any atom is 0.340 e. The van der Waals surface area contributed by atoms with Crippen molar-refractivity contribution >= 4 is 35.1 Å². The van der Waals surface area contributed by atoms with Gasteiger partial charge in [-0.25, -0.2) is 9.78 Å². The van der Waals surface area contributed by atoms with E-state index in [-0.39, 0.29) is 35.0 Å². The van der Waals surface area contributed by atoms with Crippen molar-refractivity contribution in [3.05, 3.63) is 42.2 Å². The van der Waals surface area contributed by atoms with Crippen molar-refractivity contribution < 1.29 is 19.1 Å².